The Morgan fingerprint density at radius 2 is 2.13 bits per heavy atom. The molecule has 88 valence electrons. The lowest BCUT2D eigenvalue weighted by atomic mass is 9.94. The molecule has 2 fully saturated rings. The van der Waals surface area contributed by atoms with Gasteiger partial charge in [0.05, 0.1) is 23.9 Å². The van der Waals surface area contributed by atoms with Crippen molar-refractivity contribution >= 4 is 11.8 Å². The molecule has 0 amide bonds. The van der Waals surface area contributed by atoms with Crippen LogP contribution < -0.4 is 0 Å². The first-order chi connectivity index (χ1) is 7.03. The van der Waals surface area contributed by atoms with E-state index in [-0.39, 0.29) is 5.60 Å². The van der Waals surface area contributed by atoms with Crippen molar-refractivity contribution < 1.29 is 9.47 Å². The second-order valence-corrected chi connectivity index (χ2v) is 6.36. The zero-order chi connectivity index (χ0) is 11.1. The van der Waals surface area contributed by atoms with Crippen LogP contribution in [0.25, 0.3) is 0 Å². The second kappa shape index (κ2) is 4.27. The molecule has 2 aliphatic rings. The first-order valence-corrected chi connectivity index (χ1v) is 7.25. The summed E-state index contributed by atoms with van der Waals surface area (Å²) in [5.74, 6) is 1.81. The van der Waals surface area contributed by atoms with E-state index in [1.165, 1.54) is 12.2 Å². The highest BCUT2D eigenvalue weighted by Crippen LogP contribution is 2.43. The van der Waals surface area contributed by atoms with Crippen molar-refractivity contribution in [3.05, 3.63) is 0 Å². The van der Waals surface area contributed by atoms with Crippen molar-refractivity contribution in [2.24, 2.45) is 5.92 Å². The van der Waals surface area contributed by atoms with E-state index in [1.807, 2.05) is 11.8 Å². The van der Waals surface area contributed by atoms with E-state index < -0.39 is 0 Å². The molecule has 2 nitrogen and oxygen atoms in total. The number of hydrogen-bond acceptors (Lipinski definition) is 3. The highest BCUT2D eigenvalue weighted by atomic mass is 32.2. The molecular formula is C12H22O2S. The predicted molar refractivity (Wildman–Crippen MR) is 64.4 cm³/mol. The Balaban J connectivity index is 1.99. The molecule has 2 rings (SSSR count). The fraction of sp³-hybridized carbons (Fsp3) is 1.00. The van der Waals surface area contributed by atoms with E-state index in [9.17, 15) is 0 Å². The van der Waals surface area contributed by atoms with Crippen LogP contribution in [0.5, 0.6) is 0 Å². The summed E-state index contributed by atoms with van der Waals surface area (Å²) in [7, 11) is 0. The zero-order valence-corrected chi connectivity index (χ0v) is 11.0. The van der Waals surface area contributed by atoms with Crippen LogP contribution in [-0.4, -0.2) is 35.9 Å². The van der Waals surface area contributed by atoms with E-state index >= 15 is 0 Å². The summed E-state index contributed by atoms with van der Waals surface area (Å²) >= 11 is 1.91. The maximum absolute atomic E-state index is 6.12. The fourth-order valence-electron chi connectivity index (χ4n) is 2.88. The minimum absolute atomic E-state index is 0.0209. The second-order valence-electron chi connectivity index (χ2n) is 5.37. The van der Waals surface area contributed by atoms with Crippen molar-refractivity contribution in [1.29, 1.82) is 0 Å². The largest absolute Gasteiger partial charge is 0.372 e. The molecule has 15 heavy (non-hydrogen) atoms. The SMILES string of the molecule is CSCCC1C(C)OC2CC(C)(C)OC21. The molecule has 4 atom stereocenters. The smallest absolute Gasteiger partial charge is 0.0898 e. The van der Waals surface area contributed by atoms with Gasteiger partial charge in [-0.2, -0.15) is 11.8 Å². The Morgan fingerprint density at radius 3 is 2.80 bits per heavy atom. The predicted octanol–water partition coefficient (Wildman–Crippen LogP) is 2.71. The van der Waals surface area contributed by atoms with Crippen LogP contribution in [-0.2, 0) is 9.47 Å². The van der Waals surface area contributed by atoms with Crippen LogP contribution in [0.3, 0.4) is 0 Å². The normalized spacial score (nSPS) is 43.2. The summed E-state index contributed by atoms with van der Waals surface area (Å²) in [6.45, 7) is 6.54. The Morgan fingerprint density at radius 1 is 1.40 bits per heavy atom. The van der Waals surface area contributed by atoms with Crippen LogP contribution in [0.15, 0.2) is 0 Å². The van der Waals surface area contributed by atoms with Crippen molar-refractivity contribution in [3.63, 3.8) is 0 Å². The molecule has 0 bridgehead atoms. The first-order valence-electron chi connectivity index (χ1n) is 5.86. The summed E-state index contributed by atoms with van der Waals surface area (Å²) < 4.78 is 12.1. The van der Waals surface area contributed by atoms with Gasteiger partial charge in [-0.15, -0.1) is 0 Å². The molecule has 2 saturated heterocycles. The molecule has 0 aliphatic carbocycles. The monoisotopic (exact) mass is 230 g/mol. The van der Waals surface area contributed by atoms with Crippen molar-refractivity contribution in [2.45, 2.75) is 57.5 Å². The summed E-state index contributed by atoms with van der Waals surface area (Å²) in [4.78, 5) is 0. The van der Waals surface area contributed by atoms with Crippen molar-refractivity contribution in [2.75, 3.05) is 12.0 Å². The molecule has 0 spiro atoms. The minimum atomic E-state index is 0.0209. The Labute approximate surface area is 97.1 Å². The molecule has 0 radical (unpaired) electrons. The zero-order valence-electron chi connectivity index (χ0n) is 10.2. The third-order valence-electron chi connectivity index (χ3n) is 3.58. The molecule has 2 heterocycles. The van der Waals surface area contributed by atoms with Crippen LogP contribution in [0.1, 0.15) is 33.6 Å². The highest BCUT2D eigenvalue weighted by Gasteiger charge is 2.51. The molecule has 0 aromatic carbocycles. The quantitative estimate of drug-likeness (QED) is 0.742. The Kier molecular flexibility index (Phi) is 3.34. The fourth-order valence-corrected chi connectivity index (χ4v) is 3.39. The average Bonchev–Trinajstić information content (AvgIpc) is 2.54. The van der Waals surface area contributed by atoms with Gasteiger partial charge < -0.3 is 9.47 Å². The number of ether oxygens (including phenoxy) is 2. The third-order valence-corrected chi connectivity index (χ3v) is 4.23. The molecule has 3 heteroatoms. The molecule has 0 aromatic heterocycles. The molecular weight excluding hydrogens is 208 g/mol. The number of rotatable bonds is 3. The Hall–Kier alpha value is 0.270. The molecule has 2 aliphatic heterocycles. The number of thioether (sulfide) groups is 1. The summed E-state index contributed by atoms with van der Waals surface area (Å²) in [5, 5.41) is 0. The van der Waals surface area contributed by atoms with Gasteiger partial charge in [0, 0.05) is 12.3 Å². The van der Waals surface area contributed by atoms with E-state index in [1.54, 1.807) is 0 Å². The van der Waals surface area contributed by atoms with E-state index in [0.717, 1.165) is 6.42 Å². The average molecular weight is 230 g/mol. The van der Waals surface area contributed by atoms with Gasteiger partial charge in [0.2, 0.25) is 0 Å². The topological polar surface area (TPSA) is 18.5 Å². The maximum Gasteiger partial charge on any atom is 0.0898 e. The van der Waals surface area contributed by atoms with Gasteiger partial charge in [-0.3, -0.25) is 0 Å². The summed E-state index contributed by atoms with van der Waals surface area (Å²) in [5.41, 5.74) is 0.0209. The highest BCUT2D eigenvalue weighted by molar-refractivity contribution is 7.98. The van der Waals surface area contributed by atoms with Gasteiger partial charge in [-0.1, -0.05) is 0 Å². The lowest BCUT2D eigenvalue weighted by molar-refractivity contribution is -0.0382. The van der Waals surface area contributed by atoms with Crippen molar-refractivity contribution in [1.82, 2.24) is 0 Å². The van der Waals surface area contributed by atoms with Gasteiger partial charge in [0.15, 0.2) is 0 Å². The lowest BCUT2D eigenvalue weighted by Crippen LogP contribution is -2.29. The standard InChI is InChI=1S/C12H22O2S/c1-8-9(5-6-15-4)11-10(13-8)7-12(2,3)14-11/h8-11H,5-7H2,1-4H3. The van der Waals surface area contributed by atoms with Crippen LogP contribution in [0, 0.1) is 5.92 Å². The van der Waals surface area contributed by atoms with Gasteiger partial charge in [-0.05, 0) is 39.2 Å². The van der Waals surface area contributed by atoms with Crippen molar-refractivity contribution in [3.8, 4) is 0 Å². The minimum Gasteiger partial charge on any atom is -0.372 e. The van der Waals surface area contributed by atoms with Crippen LogP contribution in [0.4, 0.5) is 0 Å². The Bertz CT molecular complexity index is 230. The molecule has 4 unspecified atom stereocenters. The summed E-state index contributed by atoms with van der Waals surface area (Å²) in [6.07, 6.45) is 5.52. The van der Waals surface area contributed by atoms with Crippen LogP contribution >= 0.6 is 11.8 Å². The molecule has 0 N–H and O–H groups in total. The number of fused-ring (bicyclic) bond motifs is 1. The molecule has 0 aromatic rings. The first kappa shape index (κ1) is 11.7. The van der Waals surface area contributed by atoms with Gasteiger partial charge in [0.1, 0.15) is 0 Å². The van der Waals surface area contributed by atoms with Gasteiger partial charge >= 0.3 is 0 Å². The van der Waals surface area contributed by atoms with Crippen LogP contribution in [0.2, 0.25) is 0 Å². The molecule has 0 saturated carbocycles. The van der Waals surface area contributed by atoms with Gasteiger partial charge in [0.25, 0.3) is 0 Å². The third kappa shape index (κ3) is 2.34. The maximum atomic E-state index is 6.12. The van der Waals surface area contributed by atoms with E-state index in [2.05, 4.69) is 27.0 Å². The van der Waals surface area contributed by atoms with E-state index in [4.69, 9.17) is 9.47 Å². The lowest BCUT2D eigenvalue weighted by Gasteiger charge is -2.24. The summed E-state index contributed by atoms with van der Waals surface area (Å²) in [6, 6.07) is 0. The van der Waals surface area contributed by atoms with E-state index in [0.29, 0.717) is 24.2 Å². The number of hydrogen-bond donors (Lipinski definition) is 0. The van der Waals surface area contributed by atoms with Gasteiger partial charge in [-0.25, -0.2) is 0 Å².